The highest BCUT2D eigenvalue weighted by Gasteiger charge is 2.24. The van der Waals surface area contributed by atoms with Crippen molar-refractivity contribution in [2.45, 2.75) is 45.6 Å². The van der Waals surface area contributed by atoms with Gasteiger partial charge in [0.1, 0.15) is 5.75 Å². The van der Waals surface area contributed by atoms with Crippen molar-refractivity contribution in [3.05, 3.63) is 64.2 Å². The lowest BCUT2D eigenvalue weighted by molar-refractivity contribution is -0.123. The first-order valence-corrected chi connectivity index (χ1v) is 10.9. The standard InChI is InChI=1S/C24H31ClN2O2/c1-18-13-19(2)15-20(14-18)29-17-24(28)26-16-23(21-9-5-6-10-22(21)25)27-11-7-3-4-8-12-27/h5-6,9-10,13-15,23H,3-4,7-8,11-12,16-17H2,1-2H3,(H,26,28). The summed E-state index contributed by atoms with van der Waals surface area (Å²) in [6.07, 6.45) is 4.90. The van der Waals surface area contributed by atoms with Gasteiger partial charge in [0.15, 0.2) is 6.61 Å². The van der Waals surface area contributed by atoms with Crippen LogP contribution in [0.15, 0.2) is 42.5 Å². The molecule has 2 aromatic rings. The summed E-state index contributed by atoms with van der Waals surface area (Å²) in [7, 11) is 0. The number of aryl methyl sites for hydroxylation is 2. The summed E-state index contributed by atoms with van der Waals surface area (Å²) < 4.78 is 5.70. The van der Waals surface area contributed by atoms with Crippen LogP contribution < -0.4 is 10.1 Å². The number of carbonyl (C=O) groups excluding carboxylic acids is 1. The van der Waals surface area contributed by atoms with Crippen molar-refractivity contribution >= 4 is 17.5 Å². The first kappa shape index (κ1) is 21.7. The third-order valence-corrected chi connectivity index (χ3v) is 5.75. The van der Waals surface area contributed by atoms with Crippen LogP contribution in [-0.2, 0) is 4.79 Å². The Balaban J connectivity index is 1.62. The van der Waals surface area contributed by atoms with Gasteiger partial charge in [0.25, 0.3) is 5.91 Å². The second-order valence-corrected chi connectivity index (χ2v) is 8.31. The maximum Gasteiger partial charge on any atom is 0.258 e. The van der Waals surface area contributed by atoms with Crippen molar-refractivity contribution in [1.29, 1.82) is 0 Å². The second kappa shape index (κ2) is 10.7. The number of ether oxygens (including phenoxy) is 1. The Morgan fingerprint density at radius 2 is 1.72 bits per heavy atom. The van der Waals surface area contributed by atoms with Crippen molar-refractivity contribution in [3.8, 4) is 5.75 Å². The van der Waals surface area contributed by atoms with E-state index in [0.29, 0.717) is 6.54 Å². The molecule has 1 fully saturated rings. The highest BCUT2D eigenvalue weighted by molar-refractivity contribution is 6.31. The van der Waals surface area contributed by atoms with E-state index in [4.69, 9.17) is 16.3 Å². The van der Waals surface area contributed by atoms with Crippen molar-refractivity contribution in [2.24, 2.45) is 0 Å². The molecule has 0 aromatic heterocycles. The maximum absolute atomic E-state index is 12.5. The number of halogens is 1. The molecule has 156 valence electrons. The van der Waals surface area contributed by atoms with Crippen LogP contribution in [0.1, 0.15) is 48.4 Å². The van der Waals surface area contributed by atoms with E-state index < -0.39 is 0 Å². The van der Waals surface area contributed by atoms with Gasteiger partial charge < -0.3 is 10.1 Å². The van der Waals surface area contributed by atoms with Crippen LogP contribution in [0.4, 0.5) is 0 Å². The molecule has 5 heteroatoms. The Bertz CT molecular complexity index is 796. The highest BCUT2D eigenvalue weighted by atomic mass is 35.5. The van der Waals surface area contributed by atoms with Crippen LogP contribution in [-0.4, -0.2) is 37.0 Å². The largest absolute Gasteiger partial charge is 0.484 e. The lowest BCUT2D eigenvalue weighted by Crippen LogP contribution is -2.40. The molecule has 0 saturated carbocycles. The van der Waals surface area contributed by atoms with Crippen LogP contribution in [0.3, 0.4) is 0 Å². The van der Waals surface area contributed by atoms with E-state index in [-0.39, 0.29) is 18.6 Å². The summed E-state index contributed by atoms with van der Waals surface area (Å²) in [6, 6.07) is 14.0. The van der Waals surface area contributed by atoms with Crippen molar-refractivity contribution < 1.29 is 9.53 Å². The van der Waals surface area contributed by atoms with Gasteiger partial charge in [0, 0.05) is 11.6 Å². The van der Waals surface area contributed by atoms with Crippen LogP contribution in [0.5, 0.6) is 5.75 Å². The normalized spacial score (nSPS) is 16.1. The monoisotopic (exact) mass is 414 g/mol. The number of rotatable bonds is 7. The summed E-state index contributed by atoms with van der Waals surface area (Å²) in [5.74, 6) is 0.615. The Labute approximate surface area is 179 Å². The SMILES string of the molecule is Cc1cc(C)cc(OCC(=O)NCC(c2ccccc2Cl)N2CCCCCC2)c1. The average Bonchev–Trinajstić information content (AvgIpc) is 2.97. The number of hydrogen-bond donors (Lipinski definition) is 1. The molecule has 0 aliphatic carbocycles. The molecule has 0 radical (unpaired) electrons. The fourth-order valence-corrected chi connectivity index (χ4v) is 4.28. The minimum atomic E-state index is -0.115. The van der Waals surface area contributed by atoms with Gasteiger partial charge in [-0.15, -0.1) is 0 Å². The number of carbonyl (C=O) groups is 1. The van der Waals surface area contributed by atoms with Crippen LogP contribution >= 0.6 is 11.6 Å². The zero-order chi connectivity index (χ0) is 20.6. The summed E-state index contributed by atoms with van der Waals surface area (Å²) in [5, 5.41) is 3.81. The van der Waals surface area contributed by atoms with Gasteiger partial charge in [-0.1, -0.05) is 48.7 Å². The molecule has 1 unspecified atom stereocenters. The quantitative estimate of drug-likeness (QED) is 0.687. The van der Waals surface area contributed by atoms with E-state index >= 15 is 0 Å². The van der Waals surface area contributed by atoms with E-state index in [9.17, 15) is 4.79 Å². The van der Waals surface area contributed by atoms with Crippen LogP contribution in [0.25, 0.3) is 0 Å². The van der Waals surface area contributed by atoms with Gasteiger partial charge >= 0.3 is 0 Å². The number of benzene rings is 2. The summed E-state index contributed by atoms with van der Waals surface area (Å²) in [4.78, 5) is 14.9. The first-order valence-electron chi connectivity index (χ1n) is 10.5. The first-order chi connectivity index (χ1) is 14.0. The van der Waals surface area contributed by atoms with Gasteiger partial charge in [0.05, 0.1) is 6.04 Å². The summed E-state index contributed by atoms with van der Waals surface area (Å²) in [5.41, 5.74) is 3.33. The van der Waals surface area contributed by atoms with E-state index in [1.165, 1.54) is 25.7 Å². The third-order valence-electron chi connectivity index (χ3n) is 5.40. The Hall–Kier alpha value is -2.04. The minimum absolute atomic E-state index is 0.0120. The predicted molar refractivity (Wildman–Crippen MR) is 119 cm³/mol. The molecule has 1 aliphatic heterocycles. The second-order valence-electron chi connectivity index (χ2n) is 7.90. The number of amides is 1. The van der Waals surface area contributed by atoms with Gasteiger partial charge in [-0.2, -0.15) is 0 Å². The maximum atomic E-state index is 12.5. The number of hydrogen-bond acceptors (Lipinski definition) is 3. The fraction of sp³-hybridized carbons (Fsp3) is 0.458. The van der Waals surface area contributed by atoms with Crippen molar-refractivity contribution in [3.63, 3.8) is 0 Å². The third kappa shape index (κ3) is 6.48. The molecule has 3 rings (SSSR count). The van der Waals surface area contributed by atoms with Gasteiger partial charge in [-0.3, -0.25) is 9.69 Å². The Kier molecular flexibility index (Phi) is 7.96. The molecular weight excluding hydrogens is 384 g/mol. The van der Waals surface area contributed by atoms with E-state index in [1.807, 2.05) is 44.2 Å². The minimum Gasteiger partial charge on any atom is -0.484 e. The average molecular weight is 415 g/mol. The zero-order valence-corrected chi connectivity index (χ0v) is 18.2. The lowest BCUT2D eigenvalue weighted by Gasteiger charge is -2.31. The lowest BCUT2D eigenvalue weighted by atomic mass is 10.0. The topological polar surface area (TPSA) is 41.6 Å². The van der Waals surface area contributed by atoms with Gasteiger partial charge in [-0.05, 0) is 74.7 Å². The molecule has 2 aromatic carbocycles. The van der Waals surface area contributed by atoms with E-state index in [0.717, 1.165) is 40.6 Å². The smallest absolute Gasteiger partial charge is 0.258 e. The molecule has 1 aliphatic rings. The van der Waals surface area contributed by atoms with E-state index in [1.54, 1.807) is 0 Å². The fourth-order valence-electron chi connectivity index (χ4n) is 4.01. The van der Waals surface area contributed by atoms with Crippen LogP contribution in [0, 0.1) is 13.8 Å². The number of nitrogens with zero attached hydrogens (tertiary/aromatic N) is 1. The molecule has 1 N–H and O–H groups in total. The van der Waals surface area contributed by atoms with Crippen molar-refractivity contribution in [2.75, 3.05) is 26.2 Å². The number of likely N-dealkylation sites (tertiary alicyclic amines) is 1. The van der Waals surface area contributed by atoms with Gasteiger partial charge in [-0.25, -0.2) is 0 Å². The Morgan fingerprint density at radius 1 is 1.07 bits per heavy atom. The number of nitrogens with one attached hydrogen (secondary N) is 1. The zero-order valence-electron chi connectivity index (χ0n) is 17.4. The molecule has 4 nitrogen and oxygen atoms in total. The molecule has 1 heterocycles. The molecule has 0 spiro atoms. The van der Waals surface area contributed by atoms with Crippen molar-refractivity contribution in [1.82, 2.24) is 10.2 Å². The molecule has 1 amide bonds. The summed E-state index contributed by atoms with van der Waals surface area (Å²) >= 11 is 6.50. The van der Waals surface area contributed by atoms with Gasteiger partial charge in [0.2, 0.25) is 0 Å². The Morgan fingerprint density at radius 3 is 2.38 bits per heavy atom. The highest BCUT2D eigenvalue weighted by Crippen LogP contribution is 2.29. The van der Waals surface area contributed by atoms with Crippen LogP contribution in [0.2, 0.25) is 5.02 Å². The molecule has 0 bridgehead atoms. The molecule has 1 atom stereocenters. The molecular formula is C24H31ClN2O2. The predicted octanol–water partition coefficient (Wildman–Crippen LogP) is 5.07. The molecule has 29 heavy (non-hydrogen) atoms. The summed E-state index contributed by atoms with van der Waals surface area (Å²) in [6.45, 7) is 6.65. The van der Waals surface area contributed by atoms with E-state index in [2.05, 4.69) is 22.3 Å². The molecule has 1 saturated heterocycles.